The van der Waals surface area contributed by atoms with Crippen LogP contribution in [0.5, 0.6) is 0 Å². The van der Waals surface area contributed by atoms with E-state index >= 15 is 0 Å². The molecule has 3 N–H and O–H groups in total. The van der Waals surface area contributed by atoms with Crippen molar-refractivity contribution in [3.63, 3.8) is 0 Å². The first kappa shape index (κ1) is 17.8. The van der Waals surface area contributed by atoms with Crippen LogP contribution in [0, 0.1) is 5.82 Å². The maximum Gasteiger partial charge on any atom is 0.315 e. The zero-order valence-electron chi connectivity index (χ0n) is 14.1. The lowest BCUT2D eigenvalue weighted by Gasteiger charge is -2.24. The molecule has 25 heavy (non-hydrogen) atoms. The van der Waals surface area contributed by atoms with Crippen LogP contribution < -0.4 is 10.6 Å². The fourth-order valence-corrected chi connectivity index (χ4v) is 4.11. The summed E-state index contributed by atoms with van der Waals surface area (Å²) in [6.07, 6.45) is 3.44. The summed E-state index contributed by atoms with van der Waals surface area (Å²) in [6, 6.07) is 5.65. The van der Waals surface area contributed by atoms with E-state index in [1.807, 2.05) is 6.92 Å². The normalized spacial score (nSPS) is 17.6. The number of nitrogens with zero attached hydrogens (tertiary/aromatic N) is 1. The molecule has 0 saturated heterocycles. The van der Waals surface area contributed by atoms with Gasteiger partial charge in [-0.2, -0.15) is 0 Å². The molecule has 1 aliphatic rings. The summed E-state index contributed by atoms with van der Waals surface area (Å²) in [5.74, 6) is -0.268. The highest BCUT2D eigenvalue weighted by atomic mass is 32.1. The zero-order chi connectivity index (χ0) is 17.8. The summed E-state index contributed by atoms with van der Waals surface area (Å²) in [5, 5.41) is 15.8. The molecule has 1 aromatic carbocycles. The molecular weight excluding hydrogens is 341 g/mol. The third-order valence-electron chi connectivity index (χ3n) is 4.40. The Labute approximate surface area is 150 Å². The summed E-state index contributed by atoms with van der Waals surface area (Å²) < 4.78 is 13.1. The van der Waals surface area contributed by atoms with Gasteiger partial charge in [0.05, 0.1) is 24.4 Å². The molecule has 1 heterocycles. The number of amides is 2. The van der Waals surface area contributed by atoms with Gasteiger partial charge in [0.25, 0.3) is 0 Å². The number of carbonyl (C=O) groups excluding carboxylic acids is 1. The van der Waals surface area contributed by atoms with E-state index in [9.17, 15) is 14.3 Å². The second kappa shape index (κ2) is 7.93. The number of halogens is 1. The SMILES string of the molecule is CC[C@H](CO)NC(=O)NC1CCCc2sc(-c3ccc(F)cc3)nc21. The average Bonchev–Trinajstić information content (AvgIpc) is 3.05. The first-order chi connectivity index (χ1) is 12.1. The molecule has 2 aromatic rings. The largest absolute Gasteiger partial charge is 0.394 e. The second-order valence-electron chi connectivity index (χ2n) is 6.18. The maximum atomic E-state index is 13.1. The van der Waals surface area contributed by atoms with Crippen molar-refractivity contribution in [1.82, 2.24) is 15.6 Å². The topological polar surface area (TPSA) is 74.2 Å². The Kier molecular flexibility index (Phi) is 5.65. The Hall–Kier alpha value is -1.99. The van der Waals surface area contributed by atoms with Crippen LogP contribution in [0.3, 0.4) is 0 Å². The third-order valence-corrected chi connectivity index (χ3v) is 5.58. The molecule has 0 saturated carbocycles. The lowest BCUT2D eigenvalue weighted by Crippen LogP contribution is -2.45. The number of nitrogens with one attached hydrogen (secondary N) is 2. The fourth-order valence-electron chi connectivity index (χ4n) is 2.94. The van der Waals surface area contributed by atoms with Gasteiger partial charge in [0.15, 0.2) is 0 Å². The Morgan fingerprint density at radius 3 is 2.88 bits per heavy atom. The first-order valence-electron chi connectivity index (χ1n) is 8.54. The molecule has 0 fully saturated rings. The number of rotatable bonds is 5. The Morgan fingerprint density at radius 1 is 1.44 bits per heavy atom. The zero-order valence-corrected chi connectivity index (χ0v) is 14.9. The Bertz CT molecular complexity index is 728. The average molecular weight is 363 g/mol. The van der Waals surface area contributed by atoms with E-state index < -0.39 is 0 Å². The van der Waals surface area contributed by atoms with Gasteiger partial charge in [-0.15, -0.1) is 11.3 Å². The van der Waals surface area contributed by atoms with Crippen LogP contribution in [0.1, 0.15) is 42.8 Å². The molecule has 0 aliphatic heterocycles. The number of aryl methyl sites for hydroxylation is 1. The number of aromatic nitrogens is 1. The van der Waals surface area contributed by atoms with E-state index in [-0.39, 0.29) is 30.5 Å². The van der Waals surface area contributed by atoms with Gasteiger partial charge in [-0.1, -0.05) is 6.92 Å². The number of carbonyl (C=O) groups is 1. The van der Waals surface area contributed by atoms with Crippen molar-refractivity contribution < 1.29 is 14.3 Å². The van der Waals surface area contributed by atoms with Gasteiger partial charge in [-0.05, 0) is 49.9 Å². The number of aliphatic hydroxyl groups excluding tert-OH is 1. The smallest absolute Gasteiger partial charge is 0.315 e. The van der Waals surface area contributed by atoms with Crippen LogP contribution in [0.15, 0.2) is 24.3 Å². The monoisotopic (exact) mass is 363 g/mol. The van der Waals surface area contributed by atoms with Gasteiger partial charge in [0.1, 0.15) is 10.8 Å². The van der Waals surface area contributed by atoms with Crippen molar-refractivity contribution >= 4 is 17.4 Å². The molecule has 5 nitrogen and oxygen atoms in total. The molecule has 1 unspecified atom stereocenters. The molecular formula is C18H22FN3O2S. The number of thiazole rings is 1. The summed E-state index contributed by atoms with van der Waals surface area (Å²) in [6.45, 7) is 1.83. The fraction of sp³-hybridized carbons (Fsp3) is 0.444. The quantitative estimate of drug-likeness (QED) is 0.762. The highest BCUT2D eigenvalue weighted by Gasteiger charge is 2.26. The molecule has 0 spiro atoms. The summed E-state index contributed by atoms with van der Waals surface area (Å²) in [4.78, 5) is 18.0. The third kappa shape index (κ3) is 4.16. The van der Waals surface area contributed by atoms with E-state index in [0.717, 1.165) is 35.5 Å². The van der Waals surface area contributed by atoms with Crippen LogP contribution in [-0.4, -0.2) is 28.8 Å². The number of hydrogen-bond acceptors (Lipinski definition) is 4. The van der Waals surface area contributed by atoms with E-state index in [1.165, 1.54) is 17.0 Å². The van der Waals surface area contributed by atoms with Gasteiger partial charge in [0, 0.05) is 10.4 Å². The van der Waals surface area contributed by atoms with Crippen molar-refractivity contribution in [2.24, 2.45) is 0 Å². The van der Waals surface area contributed by atoms with Gasteiger partial charge < -0.3 is 15.7 Å². The first-order valence-corrected chi connectivity index (χ1v) is 9.35. The number of benzene rings is 1. The van der Waals surface area contributed by atoms with Gasteiger partial charge >= 0.3 is 6.03 Å². The minimum absolute atomic E-state index is 0.0781. The summed E-state index contributed by atoms with van der Waals surface area (Å²) in [5.41, 5.74) is 1.79. The number of aliphatic hydroxyl groups is 1. The molecule has 2 atom stereocenters. The van der Waals surface area contributed by atoms with Gasteiger partial charge in [0.2, 0.25) is 0 Å². The molecule has 7 heteroatoms. The molecule has 0 radical (unpaired) electrons. The lowest BCUT2D eigenvalue weighted by atomic mass is 9.98. The van der Waals surface area contributed by atoms with Crippen molar-refractivity contribution in [3.05, 3.63) is 40.7 Å². The minimum Gasteiger partial charge on any atom is -0.394 e. The van der Waals surface area contributed by atoms with E-state index in [4.69, 9.17) is 4.98 Å². The second-order valence-corrected chi connectivity index (χ2v) is 7.27. The highest BCUT2D eigenvalue weighted by Crippen LogP contribution is 2.37. The van der Waals surface area contributed by atoms with Crippen molar-refractivity contribution in [1.29, 1.82) is 0 Å². The summed E-state index contributed by atoms with van der Waals surface area (Å²) in [7, 11) is 0. The molecule has 1 aliphatic carbocycles. The standard InChI is InChI=1S/C18H22FN3O2S/c1-2-13(10-23)20-18(24)21-14-4-3-5-15-16(14)22-17(25-15)11-6-8-12(19)9-7-11/h6-9,13-14,23H,2-5,10H2,1H3,(H2,20,21,24)/t13-,14?/m1/s1. The van der Waals surface area contributed by atoms with Crippen LogP contribution in [0.25, 0.3) is 10.6 Å². The summed E-state index contributed by atoms with van der Waals surface area (Å²) >= 11 is 1.60. The van der Waals surface area contributed by atoms with Crippen LogP contribution >= 0.6 is 11.3 Å². The lowest BCUT2D eigenvalue weighted by molar-refractivity contribution is 0.210. The maximum absolute atomic E-state index is 13.1. The predicted molar refractivity (Wildman–Crippen MR) is 96.0 cm³/mol. The Morgan fingerprint density at radius 2 is 2.20 bits per heavy atom. The molecule has 3 rings (SSSR count). The van der Waals surface area contributed by atoms with E-state index in [2.05, 4.69) is 10.6 Å². The minimum atomic E-state index is -0.282. The molecule has 134 valence electrons. The van der Waals surface area contributed by atoms with Crippen LogP contribution in [0.4, 0.5) is 9.18 Å². The highest BCUT2D eigenvalue weighted by molar-refractivity contribution is 7.15. The van der Waals surface area contributed by atoms with Crippen molar-refractivity contribution in [3.8, 4) is 10.6 Å². The number of fused-ring (bicyclic) bond motifs is 1. The van der Waals surface area contributed by atoms with Crippen LogP contribution in [0.2, 0.25) is 0 Å². The van der Waals surface area contributed by atoms with E-state index in [0.29, 0.717) is 6.42 Å². The van der Waals surface area contributed by atoms with Crippen LogP contribution in [-0.2, 0) is 6.42 Å². The molecule has 2 amide bonds. The number of urea groups is 1. The molecule has 0 bridgehead atoms. The Balaban J connectivity index is 1.75. The molecule has 1 aromatic heterocycles. The van der Waals surface area contributed by atoms with Gasteiger partial charge in [-0.25, -0.2) is 14.2 Å². The number of hydrogen-bond donors (Lipinski definition) is 3. The predicted octanol–water partition coefficient (Wildman–Crippen LogP) is 3.40. The van der Waals surface area contributed by atoms with E-state index in [1.54, 1.807) is 23.5 Å². The van der Waals surface area contributed by atoms with Crippen molar-refractivity contribution in [2.45, 2.75) is 44.7 Å². The van der Waals surface area contributed by atoms with Crippen molar-refractivity contribution in [2.75, 3.05) is 6.61 Å². The van der Waals surface area contributed by atoms with Gasteiger partial charge in [-0.3, -0.25) is 0 Å².